The molecule has 0 saturated heterocycles. The highest BCUT2D eigenvalue weighted by atomic mass is 32.2. The van der Waals surface area contributed by atoms with Gasteiger partial charge in [0.25, 0.3) is 0 Å². The molecule has 0 aliphatic rings. The molecule has 0 rings (SSSR count). The Morgan fingerprint density at radius 3 is 2.00 bits per heavy atom. The molecule has 0 aromatic heterocycles. The van der Waals surface area contributed by atoms with Gasteiger partial charge < -0.3 is 5.32 Å². The van der Waals surface area contributed by atoms with Crippen molar-refractivity contribution in [3.63, 3.8) is 0 Å². The molecule has 0 atom stereocenters. The van der Waals surface area contributed by atoms with Gasteiger partial charge in [-0.2, -0.15) is 0 Å². The van der Waals surface area contributed by atoms with Crippen molar-refractivity contribution in [2.75, 3.05) is 12.3 Å². The predicted molar refractivity (Wildman–Crippen MR) is 61.3 cm³/mol. The van der Waals surface area contributed by atoms with Gasteiger partial charge in [0.1, 0.15) is 0 Å². The van der Waals surface area contributed by atoms with Gasteiger partial charge in [-0.25, -0.2) is 8.42 Å². The summed E-state index contributed by atoms with van der Waals surface area (Å²) in [4.78, 5) is 0. The second-order valence-corrected chi connectivity index (χ2v) is 6.56. The second-order valence-electron chi connectivity index (χ2n) is 3.88. The summed E-state index contributed by atoms with van der Waals surface area (Å²) in [6, 6.07) is 0.456. The van der Waals surface area contributed by atoms with E-state index in [2.05, 4.69) is 19.2 Å². The molecule has 0 radical (unpaired) electrons. The minimum Gasteiger partial charge on any atom is -0.313 e. The number of rotatable bonds is 7. The molecular weight excluding hydrogens is 198 g/mol. The van der Waals surface area contributed by atoms with Crippen LogP contribution >= 0.6 is 0 Å². The first-order chi connectivity index (χ1) is 6.44. The summed E-state index contributed by atoms with van der Waals surface area (Å²) in [6.07, 6.45) is 2.11. The molecule has 0 unspecified atom stereocenters. The van der Waals surface area contributed by atoms with E-state index in [0.717, 1.165) is 12.8 Å². The molecule has 0 amide bonds. The van der Waals surface area contributed by atoms with Crippen LogP contribution in [0.3, 0.4) is 0 Å². The van der Waals surface area contributed by atoms with Crippen molar-refractivity contribution < 1.29 is 8.42 Å². The van der Waals surface area contributed by atoms with Gasteiger partial charge in [-0.05, 0) is 26.7 Å². The van der Waals surface area contributed by atoms with Gasteiger partial charge in [0, 0.05) is 12.6 Å². The lowest BCUT2D eigenvalue weighted by Crippen LogP contribution is -2.33. The molecule has 14 heavy (non-hydrogen) atoms. The normalized spacial score (nSPS) is 12.7. The van der Waals surface area contributed by atoms with E-state index in [9.17, 15) is 8.42 Å². The van der Waals surface area contributed by atoms with E-state index in [-0.39, 0.29) is 11.0 Å². The molecule has 1 N–H and O–H groups in total. The van der Waals surface area contributed by atoms with Crippen molar-refractivity contribution in [1.29, 1.82) is 0 Å². The summed E-state index contributed by atoms with van der Waals surface area (Å²) in [7, 11) is -2.87. The van der Waals surface area contributed by atoms with Crippen LogP contribution in [0.1, 0.15) is 40.5 Å². The Morgan fingerprint density at radius 1 is 1.14 bits per heavy atom. The third kappa shape index (κ3) is 4.96. The van der Waals surface area contributed by atoms with Crippen LogP contribution in [0.2, 0.25) is 0 Å². The quantitative estimate of drug-likeness (QED) is 0.710. The Kier molecular flexibility index (Phi) is 6.36. The maximum absolute atomic E-state index is 11.4. The third-order valence-electron chi connectivity index (χ3n) is 2.52. The van der Waals surface area contributed by atoms with Crippen LogP contribution in [0.15, 0.2) is 0 Å². The highest BCUT2D eigenvalue weighted by Gasteiger charge is 2.15. The van der Waals surface area contributed by atoms with E-state index < -0.39 is 9.84 Å². The molecule has 0 spiro atoms. The standard InChI is InChI=1S/C10H23NO2S/c1-5-10(6-2)11-7-8-14(12,13)9(3)4/h9-11H,5-8H2,1-4H3. The van der Waals surface area contributed by atoms with Crippen molar-refractivity contribution in [3.8, 4) is 0 Å². The third-order valence-corrected chi connectivity index (χ3v) is 4.73. The summed E-state index contributed by atoms with van der Waals surface area (Å²) in [6.45, 7) is 8.25. The van der Waals surface area contributed by atoms with Gasteiger partial charge >= 0.3 is 0 Å². The summed E-state index contributed by atoms with van der Waals surface area (Å²) in [5, 5.41) is 2.99. The summed E-state index contributed by atoms with van der Waals surface area (Å²) >= 11 is 0. The number of nitrogens with one attached hydrogen (secondary N) is 1. The van der Waals surface area contributed by atoms with Gasteiger partial charge in [-0.3, -0.25) is 0 Å². The molecule has 0 heterocycles. The molecule has 3 nitrogen and oxygen atoms in total. The lowest BCUT2D eigenvalue weighted by molar-refractivity contribution is 0.496. The number of hydrogen-bond donors (Lipinski definition) is 1. The van der Waals surface area contributed by atoms with Gasteiger partial charge in [-0.1, -0.05) is 13.8 Å². The fraction of sp³-hybridized carbons (Fsp3) is 1.00. The Bertz CT molecular complexity index is 231. The zero-order chi connectivity index (χ0) is 11.2. The minimum atomic E-state index is -2.87. The Morgan fingerprint density at radius 2 is 1.64 bits per heavy atom. The lowest BCUT2D eigenvalue weighted by Gasteiger charge is -2.15. The van der Waals surface area contributed by atoms with E-state index in [1.165, 1.54) is 0 Å². The second kappa shape index (κ2) is 6.40. The van der Waals surface area contributed by atoms with Gasteiger partial charge in [0.05, 0.1) is 11.0 Å². The lowest BCUT2D eigenvalue weighted by atomic mass is 10.2. The molecule has 0 aromatic carbocycles. The Hall–Kier alpha value is -0.0900. The smallest absolute Gasteiger partial charge is 0.153 e. The van der Waals surface area contributed by atoms with Crippen LogP contribution in [0, 0.1) is 0 Å². The highest BCUT2D eigenvalue weighted by Crippen LogP contribution is 2.00. The summed E-state index contributed by atoms with van der Waals surface area (Å²) in [5.74, 6) is 0.251. The monoisotopic (exact) mass is 221 g/mol. The minimum absolute atomic E-state index is 0.251. The largest absolute Gasteiger partial charge is 0.313 e. The Labute approximate surface area is 88.2 Å². The predicted octanol–water partition coefficient (Wildman–Crippen LogP) is 1.59. The SMILES string of the molecule is CCC(CC)NCCS(=O)(=O)C(C)C. The molecule has 0 aromatic rings. The van der Waals surface area contributed by atoms with Crippen LogP contribution in [0.25, 0.3) is 0 Å². The van der Waals surface area contributed by atoms with Crippen LogP contribution in [0.5, 0.6) is 0 Å². The van der Waals surface area contributed by atoms with Gasteiger partial charge in [-0.15, -0.1) is 0 Å². The summed E-state index contributed by atoms with van der Waals surface area (Å²) < 4.78 is 22.9. The van der Waals surface area contributed by atoms with Crippen molar-refractivity contribution in [2.45, 2.75) is 51.8 Å². The molecule has 0 aliphatic heterocycles. The van der Waals surface area contributed by atoms with E-state index in [4.69, 9.17) is 0 Å². The maximum atomic E-state index is 11.4. The van der Waals surface area contributed by atoms with E-state index in [0.29, 0.717) is 12.6 Å². The molecule has 4 heteroatoms. The number of hydrogen-bond acceptors (Lipinski definition) is 3. The van der Waals surface area contributed by atoms with E-state index in [1.807, 2.05) is 0 Å². The average molecular weight is 221 g/mol. The molecule has 0 aliphatic carbocycles. The fourth-order valence-corrected chi connectivity index (χ4v) is 2.09. The Balaban J connectivity index is 3.85. The molecule has 0 saturated carbocycles. The highest BCUT2D eigenvalue weighted by molar-refractivity contribution is 7.92. The average Bonchev–Trinajstić information content (AvgIpc) is 2.12. The zero-order valence-corrected chi connectivity index (χ0v) is 10.5. The first kappa shape index (κ1) is 13.9. The van der Waals surface area contributed by atoms with Gasteiger partial charge in [0.2, 0.25) is 0 Å². The van der Waals surface area contributed by atoms with Crippen molar-refractivity contribution in [1.82, 2.24) is 5.32 Å². The first-order valence-electron chi connectivity index (χ1n) is 5.39. The first-order valence-corrected chi connectivity index (χ1v) is 7.10. The molecule has 0 bridgehead atoms. The van der Waals surface area contributed by atoms with E-state index in [1.54, 1.807) is 13.8 Å². The fourth-order valence-electron chi connectivity index (χ4n) is 1.22. The van der Waals surface area contributed by atoms with Crippen LogP contribution in [-0.2, 0) is 9.84 Å². The van der Waals surface area contributed by atoms with Crippen LogP contribution in [-0.4, -0.2) is 32.0 Å². The summed E-state index contributed by atoms with van der Waals surface area (Å²) in [5.41, 5.74) is 0. The molecular formula is C10H23NO2S. The van der Waals surface area contributed by atoms with Crippen LogP contribution in [0.4, 0.5) is 0 Å². The van der Waals surface area contributed by atoms with Gasteiger partial charge in [0.15, 0.2) is 9.84 Å². The van der Waals surface area contributed by atoms with E-state index >= 15 is 0 Å². The van der Waals surface area contributed by atoms with Crippen molar-refractivity contribution >= 4 is 9.84 Å². The zero-order valence-electron chi connectivity index (χ0n) is 9.71. The van der Waals surface area contributed by atoms with Crippen LogP contribution < -0.4 is 5.32 Å². The number of sulfone groups is 1. The molecule has 86 valence electrons. The topological polar surface area (TPSA) is 46.2 Å². The van der Waals surface area contributed by atoms with Crippen molar-refractivity contribution in [3.05, 3.63) is 0 Å². The van der Waals surface area contributed by atoms with Crippen molar-refractivity contribution in [2.24, 2.45) is 0 Å². The maximum Gasteiger partial charge on any atom is 0.153 e. The molecule has 0 fully saturated rings.